The van der Waals surface area contributed by atoms with E-state index in [1.54, 1.807) is 4.52 Å². The molecule has 0 saturated heterocycles. The molecule has 2 rings (SSSR count). The minimum Gasteiger partial charge on any atom is -0.299 e. The first kappa shape index (κ1) is 11.8. The number of rotatable bonds is 2. The Morgan fingerprint density at radius 1 is 1.35 bits per heavy atom. The van der Waals surface area contributed by atoms with Crippen LogP contribution in [0.25, 0.3) is 5.65 Å². The Balaban J connectivity index is 2.42. The summed E-state index contributed by atoms with van der Waals surface area (Å²) < 4.78 is 1.73. The van der Waals surface area contributed by atoms with E-state index in [1.807, 2.05) is 39.8 Å². The molecule has 0 unspecified atom stereocenters. The molecule has 0 N–H and O–H groups in total. The van der Waals surface area contributed by atoms with E-state index in [4.69, 9.17) is 0 Å². The molecule has 90 valence electrons. The maximum absolute atomic E-state index is 12.0. The van der Waals surface area contributed by atoms with Crippen molar-refractivity contribution in [3.05, 3.63) is 29.7 Å². The average Bonchev–Trinajstić information content (AvgIpc) is 2.63. The molecule has 0 saturated carbocycles. The zero-order chi connectivity index (χ0) is 12.6. The second-order valence-corrected chi connectivity index (χ2v) is 5.40. The number of hydrogen-bond donors (Lipinski definition) is 0. The van der Waals surface area contributed by atoms with E-state index in [9.17, 15) is 4.79 Å². The summed E-state index contributed by atoms with van der Waals surface area (Å²) >= 11 is 0. The molecular weight excluding hydrogens is 214 g/mol. The van der Waals surface area contributed by atoms with Gasteiger partial charge in [0.2, 0.25) is 0 Å². The average molecular weight is 231 g/mol. The lowest BCUT2D eigenvalue weighted by Crippen LogP contribution is -2.23. The Hall–Kier alpha value is -1.71. The first-order valence-corrected chi connectivity index (χ1v) is 5.70. The molecule has 4 heteroatoms. The number of hydrogen-bond acceptors (Lipinski definition) is 3. The van der Waals surface area contributed by atoms with Crippen LogP contribution >= 0.6 is 0 Å². The molecule has 2 heterocycles. The van der Waals surface area contributed by atoms with Crippen LogP contribution in [0.5, 0.6) is 0 Å². The molecule has 0 aromatic carbocycles. The SMILES string of the molecule is Cc1cc(CC(=O)C(C)(C)C)n2ncnc2c1. The largest absolute Gasteiger partial charge is 0.299 e. The highest BCUT2D eigenvalue weighted by Gasteiger charge is 2.22. The van der Waals surface area contributed by atoms with Gasteiger partial charge in [0.05, 0.1) is 5.69 Å². The fourth-order valence-corrected chi connectivity index (χ4v) is 1.69. The Bertz CT molecular complexity index is 564. The third-order valence-corrected chi connectivity index (χ3v) is 2.78. The number of carbonyl (C=O) groups excluding carboxylic acids is 1. The van der Waals surface area contributed by atoms with Gasteiger partial charge in [0, 0.05) is 11.8 Å². The normalized spacial score (nSPS) is 12.0. The van der Waals surface area contributed by atoms with Gasteiger partial charge in [-0.2, -0.15) is 5.10 Å². The third-order valence-electron chi connectivity index (χ3n) is 2.78. The summed E-state index contributed by atoms with van der Waals surface area (Å²) in [6.07, 6.45) is 1.91. The van der Waals surface area contributed by atoms with Gasteiger partial charge in [-0.15, -0.1) is 0 Å². The van der Waals surface area contributed by atoms with Gasteiger partial charge in [-0.3, -0.25) is 4.79 Å². The molecule has 0 spiro atoms. The van der Waals surface area contributed by atoms with Crippen LogP contribution < -0.4 is 0 Å². The lowest BCUT2D eigenvalue weighted by atomic mass is 9.88. The number of pyridine rings is 1. The van der Waals surface area contributed by atoms with Crippen molar-refractivity contribution >= 4 is 11.4 Å². The highest BCUT2D eigenvalue weighted by molar-refractivity contribution is 5.85. The molecule has 0 aliphatic carbocycles. The van der Waals surface area contributed by atoms with E-state index in [1.165, 1.54) is 6.33 Å². The van der Waals surface area contributed by atoms with Gasteiger partial charge in [-0.1, -0.05) is 20.8 Å². The molecule has 0 aliphatic heterocycles. The minimum atomic E-state index is -0.323. The standard InChI is InChI=1S/C13H17N3O/c1-9-5-10(7-11(17)13(2,3)4)16-12(6-9)14-8-15-16/h5-6,8H,7H2,1-4H3. The van der Waals surface area contributed by atoms with Crippen molar-refractivity contribution in [2.45, 2.75) is 34.1 Å². The van der Waals surface area contributed by atoms with Crippen molar-refractivity contribution < 1.29 is 4.79 Å². The number of nitrogens with zero attached hydrogens (tertiary/aromatic N) is 3. The summed E-state index contributed by atoms with van der Waals surface area (Å²) in [6.45, 7) is 7.80. The summed E-state index contributed by atoms with van der Waals surface area (Å²) in [5.74, 6) is 0.208. The summed E-state index contributed by atoms with van der Waals surface area (Å²) in [6, 6.07) is 3.95. The maximum atomic E-state index is 12.0. The predicted molar refractivity (Wildman–Crippen MR) is 65.9 cm³/mol. The first-order chi connectivity index (χ1) is 7.88. The fourth-order valence-electron chi connectivity index (χ4n) is 1.69. The van der Waals surface area contributed by atoms with Crippen LogP contribution in [0.1, 0.15) is 32.0 Å². The van der Waals surface area contributed by atoms with Crippen molar-refractivity contribution in [3.63, 3.8) is 0 Å². The number of fused-ring (bicyclic) bond motifs is 1. The smallest absolute Gasteiger partial charge is 0.155 e. The maximum Gasteiger partial charge on any atom is 0.155 e. The Kier molecular flexibility index (Phi) is 2.73. The molecule has 2 aromatic heterocycles. The van der Waals surface area contributed by atoms with Gasteiger partial charge < -0.3 is 0 Å². The highest BCUT2D eigenvalue weighted by atomic mass is 16.1. The molecule has 17 heavy (non-hydrogen) atoms. The van der Waals surface area contributed by atoms with Crippen LogP contribution in [0.3, 0.4) is 0 Å². The summed E-state index contributed by atoms with van der Waals surface area (Å²) in [5, 5.41) is 4.15. The van der Waals surface area contributed by atoms with E-state index in [0.717, 1.165) is 16.9 Å². The molecule has 0 fully saturated rings. The van der Waals surface area contributed by atoms with E-state index < -0.39 is 0 Å². The monoisotopic (exact) mass is 231 g/mol. The topological polar surface area (TPSA) is 47.3 Å². The van der Waals surface area contributed by atoms with Gasteiger partial charge in [0.1, 0.15) is 12.1 Å². The fraction of sp³-hybridized carbons (Fsp3) is 0.462. The number of ketones is 1. The summed E-state index contributed by atoms with van der Waals surface area (Å²) in [4.78, 5) is 16.2. The number of carbonyl (C=O) groups is 1. The van der Waals surface area contributed by atoms with Gasteiger partial charge in [-0.25, -0.2) is 9.50 Å². The molecule has 4 nitrogen and oxygen atoms in total. The minimum absolute atomic E-state index is 0.208. The van der Waals surface area contributed by atoms with Crippen LogP contribution in [0, 0.1) is 12.3 Å². The van der Waals surface area contributed by atoms with E-state index >= 15 is 0 Å². The lowest BCUT2D eigenvalue weighted by Gasteiger charge is -2.16. The third kappa shape index (κ3) is 2.35. The number of Topliss-reactive ketones (excluding diaryl/α,β-unsaturated/α-hetero) is 1. The highest BCUT2D eigenvalue weighted by Crippen LogP contribution is 2.18. The van der Waals surface area contributed by atoms with E-state index in [-0.39, 0.29) is 11.2 Å². The van der Waals surface area contributed by atoms with Crippen LogP contribution in [0.15, 0.2) is 18.5 Å². The van der Waals surface area contributed by atoms with Crippen LogP contribution in [-0.2, 0) is 11.2 Å². The molecule has 0 radical (unpaired) electrons. The predicted octanol–water partition coefficient (Wildman–Crippen LogP) is 2.20. The van der Waals surface area contributed by atoms with Crippen molar-refractivity contribution in [2.75, 3.05) is 0 Å². The van der Waals surface area contributed by atoms with E-state index in [0.29, 0.717) is 6.42 Å². The van der Waals surface area contributed by atoms with Gasteiger partial charge in [0.25, 0.3) is 0 Å². The molecule has 0 amide bonds. The molecule has 0 aliphatic rings. The van der Waals surface area contributed by atoms with Crippen LogP contribution in [-0.4, -0.2) is 20.4 Å². The lowest BCUT2D eigenvalue weighted by molar-refractivity contribution is -0.125. The van der Waals surface area contributed by atoms with Gasteiger partial charge in [0.15, 0.2) is 5.65 Å². The molecule has 2 aromatic rings. The first-order valence-electron chi connectivity index (χ1n) is 5.70. The van der Waals surface area contributed by atoms with Crippen molar-refractivity contribution in [2.24, 2.45) is 5.41 Å². The summed E-state index contributed by atoms with van der Waals surface area (Å²) in [7, 11) is 0. The zero-order valence-corrected chi connectivity index (χ0v) is 10.7. The van der Waals surface area contributed by atoms with Crippen molar-refractivity contribution in [1.29, 1.82) is 0 Å². The second kappa shape index (κ2) is 3.95. The van der Waals surface area contributed by atoms with Crippen LogP contribution in [0.4, 0.5) is 0 Å². The Morgan fingerprint density at radius 3 is 2.71 bits per heavy atom. The van der Waals surface area contributed by atoms with Crippen LogP contribution in [0.2, 0.25) is 0 Å². The van der Waals surface area contributed by atoms with Crippen molar-refractivity contribution in [1.82, 2.24) is 14.6 Å². The zero-order valence-electron chi connectivity index (χ0n) is 10.7. The summed E-state index contributed by atoms with van der Waals surface area (Å²) in [5.41, 5.74) is 2.47. The quantitative estimate of drug-likeness (QED) is 0.796. The second-order valence-electron chi connectivity index (χ2n) is 5.40. The Morgan fingerprint density at radius 2 is 2.06 bits per heavy atom. The molecule has 0 atom stereocenters. The number of aromatic nitrogens is 3. The molecular formula is C13H17N3O. The van der Waals surface area contributed by atoms with Gasteiger partial charge >= 0.3 is 0 Å². The Labute approximate surface area is 101 Å². The van der Waals surface area contributed by atoms with Crippen molar-refractivity contribution in [3.8, 4) is 0 Å². The molecule has 0 bridgehead atoms. The van der Waals surface area contributed by atoms with E-state index in [2.05, 4.69) is 10.1 Å². The van der Waals surface area contributed by atoms with Gasteiger partial charge in [-0.05, 0) is 24.6 Å². The number of aryl methyl sites for hydroxylation is 1.